The fourth-order valence-electron chi connectivity index (χ4n) is 3.61. The SMILES string of the molecule is Cc1nc(C)c(C(=O)N2CCN(C(=O)C3CCCCC3)CC2)s1. The highest BCUT2D eigenvalue weighted by atomic mass is 32.1. The van der Waals surface area contributed by atoms with E-state index in [-0.39, 0.29) is 11.8 Å². The molecule has 0 radical (unpaired) electrons. The van der Waals surface area contributed by atoms with Crippen molar-refractivity contribution in [3.63, 3.8) is 0 Å². The minimum absolute atomic E-state index is 0.0675. The molecule has 1 saturated carbocycles. The molecule has 2 aliphatic rings. The predicted octanol–water partition coefficient (Wildman–Crippen LogP) is 2.62. The molecular formula is C17H25N3O2S. The Morgan fingerprint density at radius 3 is 2.17 bits per heavy atom. The third kappa shape index (κ3) is 3.57. The van der Waals surface area contributed by atoms with Crippen LogP contribution in [0.15, 0.2) is 0 Å². The van der Waals surface area contributed by atoms with Crippen molar-refractivity contribution in [1.29, 1.82) is 0 Å². The minimum atomic E-state index is 0.0675. The van der Waals surface area contributed by atoms with Crippen molar-refractivity contribution in [2.24, 2.45) is 5.92 Å². The maximum absolute atomic E-state index is 12.6. The van der Waals surface area contributed by atoms with Gasteiger partial charge in [0.15, 0.2) is 0 Å². The van der Waals surface area contributed by atoms with E-state index < -0.39 is 0 Å². The summed E-state index contributed by atoms with van der Waals surface area (Å²) >= 11 is 1.46. The Balaban J connectivity index is 1.56. The van der Waals surface area contributed by atoms with Gasteiger partial charge in [-0.2, -0.15) is 0 Å². The average molecular weight is 335 g/mol. The fraction of sp³-hybridized carbons (Fsp3) is 0.706. The van der Waals surface area contributed by atoms with Crippen molar-refractivity contribution in [2.75, 3.05) is 26.2 Å². The van der Waals surface area contributed by atoms with Crippen LogP contribution in [0.5, 0.6) is 0 Å². The normalized spacial score (nSPS) is 19.9. The summed E-state index contributed by atoms with van der Waals surface area (Å²) in [6, 6.07) is 0. The third-order valence-corrected chi connectivity index (χ3v) is 5.99. The molecule has 3 rings (SSSR count). The first kappa shape index (κ1) is 16.4. The topological polar surface area (TPSA) is 53.5 Å². The first-order valence-corrected chi connectivity index (χ1v) is 9.40. The van der Waals surface area contributed by atoms with Gasteiger partial charge in [0.05, 0.1) is 10.7 Å². The summed E-state index contributed by atoms with van der Waals surface area (Å²) in [5, 5.41) is 0.928. The van der Waals surface area contributed by atoms with E-state index in [1.165, 1.54) is 30.6 Å². The van der Waals surface area contributed by atoms with E-state index in [1.54, 1.807) is 0 Å². The molecule has 1 aromatic rings. The van der Waals surface area contributed by atoms with E-state index >= 15 is 0 Å². The Morgan fingerprint density at radius 1 is 1.00 bits per heavy atom. The van der Waals surface area contributed by atoms with Crippen LogP contribution >= 0.6 is 11.3 Å². The number of thiazole rings is 1. The number of aryl methyl sites for hydroxylation is 2. The summed E-state index contributed by atoms with van der Waals surface area (Å²) in [6.07, 6.45) is 5.70. The predicted molar refractivity (Wildman–Crippen MR) is 90.6 cm³/mol. The van der Waals surface area contributed by atoms with Gasteiger partial charge in [-0.05, 0) is 26.7 Å². The number of nitrogens with zero attached hydrogens (tertiary/aromatic N) is 3. The van der Waals surface area contributed by atoms with Gasteiger partial charge in [-0.3, -0.25) is 9.59 Å². The molecule has 0 aromatic carbocycles. The lowest BCUT2D eigenvalue weighted by Crippen LogP contribution is -2.52. The van der Waals surface area contributed by atoms with Crippen LogP contribution in [0.1, 0.15) is 52.5 Å². The highest BCUT2D eigenvalue weighted by molar-refractivity contribution is 7.13. The van der Waals surface area contributed by atoms with Crippen molar-refractivity contribution in [1.82, 2.24) is 14.8 Å². The summed E-state index contributed by atoms with van der Waals surface area (Å²) in [4.78, 5) is 34.1. The van der Waals surface area contributed by atoms with Gasteiger partial charge in [0.25, 0.3) is 5.91 Å². The smallest absolute Gasteiger partial charge is 0.265 e. The van der Waals surface area contributed by atoms with Gasteiger partial charge in [0.1, 0.15) is 4.88 Å². The van der Waals surface area contributed by atoms with Crippen molar-refractivity contribution in [3.8, 4) is 0 Å². The molecule has 0 bridgehead atoms. The molecular weight excluding hydrogens is 310 g/mol. The molecule has 126 valence electrons. The second-order valence-corrected chi connectivity index (χ2v) is 7.80. The average Bonchev–Trinajstić information content (AvgIpc) is 2.93. The van der Waals surface area contributed by atoms with Gasteiger partial charge >= 0.3 is 0 Å². The van der Waals surface area contributed by atoms with E-state index in [9.17, 15) is 9.59 Å². The van der Waals surface area contributed by atoms with Crippen LogP contribution < -0.4 is 0 Å². The van der Waals surface area contributed by atoms with E-state index in [0.717, 1.165) is 28.4 Å². The molecule has 23 heavy (non-hydrogen) atoms. The van der Waals surface area contributed by atoms with Gasteiger partial charge in [-0.1, -0.05) is 19.3 Å². The zero-order chi connectivity index (χ0) is 16.4. The van der Waals surface area contributed by atoms with Crippen molar-refractivity contribution in [2.45, 2.75) is 46.0 Å². The minimum Gasteiger partial charge on any atom is -0.339 e. The van der Waals surface area contributed by atoms with E-state index in [1.807, 2.05) is 23.6 Å². The Morgan fingerprint density at radius 2 is 1.61 bits per heavy atom. The van der Waals surface area contributed by atoms with Gasteiger partial charge in [0.2, 0.25) is 5.91 Å². The van der Waals surface area contributed by atoms with E-state index in [4.69, 9.17) is 0 Å². The Hall–Kier alpha value is -1.43. The second-order valence-electron chi connectivity index (χ2n) is 6.60. The Labute approximate surface area is 141 Å². The number of carbonyl (C=O) groups excluding carboxylic acids is 2. The lowest BCUT2D eigenvalue weighted by Gasteiger charge is -2.37. The number of hydrogen-bond donors (Lipinski definition) is 0. The molecule has 0 spiro atoms. The van der Waals surface area contributed by atoms with Gasteiger partial charge in [0, 0.05) is 32.1 Å². The monoisotopic (exact) mass is 335 g/mol. The maximum atomic E-state index is 12.6. The fourth-order valence-corrected chi connectivity index (χ4v) is 4.50. The highest BCUT2D eigenvalue weighted by Gasteiger charge is 2.30. The summed E-state index contributed by atoms with van der Waals surface area (Å²) in [7, 11) is 0. The summed E-state index contributed by atoms with van der Waals surface area (Å²) in [5.41, 5.74) is 0.818. The molecule has 1 aromatic heterocycles. The number of amides is 2. The number of piperazine rings is 1. The third-order valence-electron chi connectivity index (χ3n) is 4.93. The molecule has 2 fully saturated rings. The first-order valence-electron chi connectivity index (χ1n) is 8.58. The Kier molecular flexibility index (Phi) is 4.99. The van der Waals surface area contributed by atoms with Crippen LogP contribution in [-0.2, 0) is 4.79 Å². The largest absolute Gasteiger partial charge is 0.339 e. The second kappa shape index (κ2) is 6.99. The lowest BCUT2D eigenvalue weighted by molar-refractivity contribution is -0.138. The quantitative estimate of drug-likeness (QED) is 0.835. The Bertz CT molecular complexity index is 585. The van der Waals surface area contributed by atoms with Crippen LogP contribution in [0.3, 0.4) is 0 Å². The zero-order valence-corrected chi connectivity index (χ0v) is 14.8. The van der Waals surface area contributed by atoms with Crippen LogP contribution in [0.25, 0.3) is 0 Å². The van der Waals surface area contributed by atoms with Crippen LogP contribution in [0.2, 0.25) is 0 Å². The van der Waals surface area contributed by atoms with Gasteiger partial charge < -0.3 is 9.80 Å². The molecule has 1 aliphatic carbocycles. The van der Waals surface area contributed by atoms with Crippen LogP contribution in [0.4, 0.5) is 0 Å². The first-order chi connectivity index (χ1) is 11.1. The zero-order valence-electron chi connectivity index (χ0n) is 14.0. The summed E-state index contributed by atoms with van der Waals surface area (Å²) in [6.45, 7) is 6.41. The van der Waals surface area contributed by atoms with Crippen LogP contribution in [-0.4, -0.2) is 52.8 Å². The van der Waals surface area contributed by atoms with Crippen molar-refractivity contribution < 1.29 is 9.59 Å². The lowest BCUT2D eigenvalue weighted by atomic mass is 9.88. The van der Waals surface area contributed by atoms with Gasteiger partial charge in [-0.15, -0.1) is 11.3 Å². The standard InChI is InChI=1S/C17H25N3O2S/c1-12-15(23-13(2)18-12)17(22)20-10-8-19(9-11-20)16(21)14-6-4-3-5-7-14/h14H,3-11H2,1-2H3. The summed E-state index contributed by atoms with van der Waals surface area (Å²) in [5.74, 6) is 0.594. The molecule has 6 heteroatoms. The number of hydrogen-bond acceptors (Lipinski definition) is 4. The molecule has 2 heterocycles. The highest BCUT2D eigenvalue weighted by Crippen LogP contribution is 2.26. The molecule has 1 saturated heterocycles. The summed E-state index contributed by atoms with van der Waals surface area (Å²) < 4.78 is 0. The molecule has 0 N–H and O–H groups in total. The van der Waals surface area contributed by atoms with Gasteiger partial charge in [-0.25, -0.2) is 4.98 Å². The number of carbonyl (C=O) groups is 2. The molecule has 0 unspecified atom stereocenters. The maximum Gasteiger partial charge on any atom is 0.265 e. The molecule has 0 atom stereocenters. The van der Waals surface area contributed by atoms with E-state index in [0.29, 0.717) is 32.1 Å². The number of rotatable bonds is 2. The van der Waals surface area contributed by atoms with Crippen molar-refractivity contribution in [3.05, 3.63) is 15.6 Å². The number of aromatic nitrogens is 1. The molecule has 1 aliphatic heterocycles. The van der Waals surface area contributed by atoms with Crippen LogP contribution in [0, 0.1) is 19.8 Å². The van der Waals surface area contributed by atoms with Crippen molar-refractivity contribution >= 4 is 23.2 Å². The molecule has 5 nitrogen and oxygen atoms in total. The van der Waals surface area contributed by atoms with E-state index in [2.05, 4.69) is 4.98 Å². The molecule has 2 amide bonds.